The Labute approximate surface area is 254 Å². The Bertz CT molecular complexity index is 1450. The van der Waals surface area contributed by atoms with Crippen molar-refractivity contribution in [2.75, 3.05) is 29.9 Å². The van der Waals surface area contributed by atoms with Crippen molar-refractivity contribution in [1.29, 1.82) is 0 Å². The fraction of sp³-hybridized carbons (Fsp3) is 0.297. The highest BCUT2D eigenvalue weighted by molar-refractivity contribution is 6.12. The molecule has 222 valence electrons. The zero-order chi connectivity index (χ0) is 29.9. The van der Waals surface area contributed by atoms with Crippen LogP contribution in [-0.2, 0) is 11.2 Å². The van der Waals surface area contributed by atoms with Gasteiger partial charge in [0.05, 0.1) is 6.54 Å². The second kappa shape index (κ2) is 15.1. The molecule has 0 aromatic heterocycles. The largest absolute Gasteiger partial charge is 0.492 e. The number of nitrogens with one attached hydrogen (secondary N) is 1. The molecule has 1 fully saturated rings. The molecule has 0 aliphatic heterocycles. The molecule has 0 saturated heterocycles. The van der Waals surface area contributed by atoms with Crippen molar-refractivity contribution in [3.63, 3.8) is 0 Å². The average Bonchev–Trinajstić information content (AvgIpc) is 3.06. The molecule has 43 heavy (non-hydrogen) atoms. The van der Waals surface area contributed by atoms with Crippen LogP contribution < -0.4 is 15.0 Å². The predicted octanol–water partition coefficient (Wildman–Crippen LogP) is 7.49. The monoisotopic (exact) mass is 576 g/mol. The van der Waals surface area contributed by atoms with E-state index in [9.17, 15) is 14.7 Å². The molecule has 0 heterocycles. The minimum Gasteiger partial charge on any atom is -0.492 e. The SMILES string of the molecule is O=C(c1ccccc1)c1ccccc1N[C@@H](Cc1ccc(OCCN(CC2CCCCC2)c2ccccc2)cc1)C(=O)O. The van der Waals surface area contributed by atoms with E-state index in [4.69, 9.17) is 4.74 Å². The Kier molecular flexibility index (Phi) is 10.5. The summed E-state index contributed by atoms with van der Waals surface area (Å²) < 4.78 is 6.12. The van der Waals surface area contributed by atoms with Crippen LogP contribution in [0.15, 0.2) is 109 Å². The minimum atomic E-state index is -0.985. The van der Waals surface area contributed by atoms with Crippen LogP contribution >= 0.6 is 0 Å². The summed E-state index contributed by atoms with van der Waals surface area (Å²) in [7, 11) is 0. The first-order valence-corrected chi connectivity index (χ1v) is 15.3. The van der Waals surface area contributed by atoms with Crippen molar-refractivity contribution < 1.29 is 19.4 Å². The van der Waals surface area contributed by atoms with Crippen molar-refractivity contribution in [2.24, 2.45) is 5.92 Å². The predicted molar refractivity (Wildman–Crippen MR) is 172 cm³/mol. The molecule has 1 saturated carbocycles. The zero-order valence-electron chi connectivity index (χ0n) is 24.5. The number of anilines is 2. The van der Waals surface area contributed by atoms with Crippen LogP contribution in [0.25, 0.3) is 0 Å². The molecule has 0 spiro atoms. The number of hydrogen-bond donors (Lipinski definition) is 2. The number of ether oxygens (including phenoxy) is 1. The number of carbonyl (C=O) groups is 2. The maximum absolute atomic E-state index is 13.1. The number of rotatable bonds is 14. The molecule has 6 nitrogen and oxygen atoms in total. The van der Waals surface area contributed by atoms with Gasteiger partial charge in [-0.2, -0.15) is 0 Å². The first-order valence-electron chi connectivity index (χ1n) is 15.3. The van der Waals surface area contributed by atoms with Gasteiger partial charge in [0.15, 0.2) is 5.78 Å². The molecule has 5 rings (SSSR count). The Hall–Kier alpha value is -4.58. The Morgan fingerprint density at radius 2 is 1.47 bits per heavy atom. The van der Waals surface area contributed by atoms with Gasteiger partial charge in [-0.25, -0.2) is 4.79 Å². The molecule has 2 N–H and O–H groups in total. The summed E-state index contributed by atoms with van der Waals surface area (Å²) in [5.74, 6) is 0.348. The second-order valence-corrected chi connectivity index (χ2v) is 11.3. The quantitative estimate of drug-likeness (QED) is 0.151. The van der Waals surface area contributed by atoms with Gasteiger partial charge < -0.3 is 20.1 Å². The van der Waals surface area contributed by atoms with E-state index in [0.717, 1.165) is 30.3 Å². The van der Waals surface area contributed by atoms with Crippen LogP contribution in [0.2, 0.25) is 0 Å². The van der Waals surface area contributed by atoms with Gasteiger partial charge >= 0.3 is 5.97 Å². The maximum atomic E-state index is 13.1. The van der Waals surface area contributed by atoms with Gasteiger partial charge in [-0.3, -0.25) is 4.79 Å². The van der Waals surface area contributed by atoms with Crippen molar-refractivity contribution >= 4 is 23.1 Å². The topological polar surface area (TPSA) is 78.9 Å². The van der Waals surface area contributed by atoms with Gasteiger partial charge in [-0.05, 0) is 60.7 Å². The number of carboxylic acid groups (broad SMARTS) is 1. The molecular formula is C37H40N2O4. The normalized spacial score (nSPS) is 14.0. The third-order valence-electron chi connectivity index (χ3n) is 8.15. The lowest BCUT2D eigenvalue weighted by atomic mass is 9.89. The van der Waals surface area contributed by atoms with Crippen LogP contribution in [0.1, 0.15) is 53.6 Å². The molecule has 1 aliphatic carbocycles. The van der Waals surface area contributed by atoms with Crippen LogP contribution in [0.5, 0.6) is 5.75 Å². The summed E-state index contributed by atoms with van der Waals surface area (Å²) in [6.07, 6.45) is 6.86. The second-order valence-electron chi connectivity index (χ2n) is 11.3. The number of carboxylic acids is 1. The molecule has 6 heteroatoms. The molecule has 0 bridgehead atoms. The summed E-state index contributed by atoms with van der Waals surface area (Å²) in [6.45, 7) is 2.41. The molecule has 1 aliphatic rings. The van der Waals surface area contributed by atoms with E-state index < -0.39 is 12.0 Å². The molecule has 0 amide bonds. The highest BCUT2D eigenvalue weighted by atomic mass is 16.5. The van der Waals surface area contributed by atoms with Gasteiger partial charge in [0, 0.05) is 35.5 Å². The summed E-state index contributed by atoms with van der Waals surface area (Å²) in [6, 6.07) is 33.3. The first kappa shape index (κ1) is 29.9. The molecule has 4 aromatic rings. The lowest BCUT2D eigenvalue weighted by Crippen LogP contribution is -2.34. The standard InChI is InChI=1S/C37H40N2O4/c40-36(30-14-6-2-7-15-30)33-18-10-11-19-34(33)38-35(37(41)42)26-28-20-22-32(23-21-28)43-25-24-39(31-16-8-3-9-17-31)27-29-12-4-1-5-13-29/h2-3,6-11,14-23,29,35,38H,1,4-5,12-13,24-27H2,(H,41,42)/t35-/m0/s1. The zero-order valence-corrected chi connectivity index (χ0v) is 24.5. The summed E-state index contributed by atoms with van der Waals surface area (Å²) in [5.41, 5.74) is 3.59. The van der Waals surface area contributed by atoms with Crippen molar-refractivity contribution in [2.45, 2.75) is 44.6 Å². The summed E-state index contributed by atoms with van der Waals surface area (Å²) in [5, 5.41) is 13.1. The lowest BCUT2D eigenvalue weighted by molar-refractivity contribution is -0.137. The van der Waals surface area contributed by atoms with Crippen molar-refractivity contribution in [3.8, 4) is 5.75 Å². The Balaban J connectivity index is 1.18. The van der Waals surface area contributed by atoms with Gasteiger partial charge in [0.2, 0.25) is 0 Å². The number of para-hydroxylation sites is 2. The van der Waals surface area contributed by atoms with Crippen LogP contribution in [0, 0.1) is 5.92 Å². The van der Waals surface area contributed by atoms with Crippen LogP contribution in [-0.4, -0.2) is 42.6 Å². The van der Waals surface area contributed by atoms with E-state index >= 15 is 0 Å². The Morgan fingerprint density at radius 3 is 2.16 bits per heavy atom. The van der Waals surface area contributed by atoms with E-state index in [2.05, 4.69) is 34.5 Å². The minimum absolute atomic E-state index is 0.154. The van der Waals surface area contributed by atoms with Gasteiger partial charge in [-0.15, -0.1) is 0 Å². The molecule has 1 atom stereocenters. The van der Waals surface area contributed by atoms with Crippen LogP contribution in [0.3, 0.4) is 0 Å². The van der Waals surface area contributed by atoms with E-state index in [-0.39, 0.29) is 12.2 Å². The van der Waals surface area contributed by atoms with E-state index in [0.29, 0.717) is 23.4 Å². The van der Waals surface area contributed by atoms with Crippen molar-refractivity contribution in [3.05, 3.63) is 126 Å². The third kappa shape index (κ3) is 8.48. The van der Waals surface area contributed by atoms with E-state index in [1.54, 1.807) is 36.4 Å². The maximum Gasteiger partial charge on any atom is 0.326 e. The van der Waals surface area contributed by atoms with E-state index in [1.807, 2.05) is 48.5 Å². The fourth-order valence-electron chi connectivity index (χ4n) is 5.82. The number of benzene rings is 4. The molecule has 4 aromatic carbocycles. The number of nitrogens with zero attached hydrogens (tertiary/aromatic N) is 1. The molecule has 0 radical (unpaired) electrons. The highest BCUT2D eigenvalue weighted by Crippen LogP contribution is 2.27. The van der Waals surface area contributed by atoms with Crippen molar-refractivity contribution in [1.82, 2.24) is 0 Å². The van der Waals surface area contributed by atoms with Crippen LogP contribution in [0.4, 0.5) is 11.4 Å². The fourth-order valence-corrected chi connectivity index (χ4v) is 5.82. The lowest BCUT2D eigenvalue weighted by Gasteiger charge is -2.31. The summed E-state index contributed by atoms with van der Waals surface area (Å²) in [4.78, 5) is 27.8. The average molecular weight is 577 g/mol. The first-order chi connectivity index (χ1) is 21.1. The Morgan fingerprint density at radius 1 is 0.814 bits per heavy atom. The third-order valence-corrected chi connectivity index (χ3v) is 8.15. The number of ketones is 1. The van der Waals surface area contributed by atoms with E-state index in [1.165, 1.54) is 37.8 Å². The number of hydrogen-bond acceptors (Lipinski definition) is 5. The molecular weight excluding hydrogens is 536 g/mol. The highest BCUT2D eigenvalue weighted by Gasteiger charge is 2.22. The van der Waals surface area contributed by atoms with Gasteiger partial charge in [-0.1, -0.05) is 92.1 Å². The number of aliphatic carboxylic acids is 1. The smallest absolute Gasteiger partial charge is 0.326 e. The van der Waals surface area contributed by atoms with Gasteiger partial charge in [0.1, 0.15) is 18.4 Å². The molecule has 0 unspecified atom stereocenters. The number of carbonyl (C=O) groups excluding carboxylic acids is 1. The van der Waals surface area contributed by atoms with Gasteiger partial charge in [0.25, 0.3) is 0 Å². The summed E-state index contributed by atoms with van der Waals surface area (Å²) >= 11 is 0.